The van der Waals surface area contributed by atoms with Crippen molar-refractivity contribution in [3.63, 3.8) is 0 Å². The van der Waals surface area contributed by atoms with Crippen LogP contribution in [0.2, 0.25) is 0 Å². The van der Waals surface area contributed by atoms with Crippen molar-refractivity contribution < 1.29 is 4.57 Å². The third-order valence-electron chi connectivity index (χ3n) is 0.551. The quantitative estimate of drug-likeness (QED) is 0.362. The summed E-state index contributed by atoms with van der Waals surface area (Å²) in [6.07, 6.45) is 0. The van der Waals surface area contributed by atoms with E-state index in [9.17, 15) is 4.57 Å². The second-order valence-corrected chi connectivity index (χ2v) is 2.01. The molecule has 1 aliphatic heterocycles. The average molecular weight is 90.0 g/mol. The van der Waals surface area contributed by atoms with E-state index >= 15 is 0 Å². The van der Waals surface area contributed by atoms with Gasteiger partial charge in [0.2, 0.25) is 5.78 Å². The van der Waals surface area contributed by atoms with E-state index in [0.29, 0.717) is 5.78 Å². The molecular weight excluding hydrogens is 85.0 g/mol. The lowest BCUT2D eigenvalue weighted by molar-refractivity contribution is 0.597. The van der Waals surface area contributed by atoms with Crippen LogP contribution in [0.25, 0.3) is 0 Å². The van der Waals surface area contributed by atoms with Crippen LogP contribution in [0.3, 0.4) is 0 Å². The number of nitrogens with one attached hydrogen (secondary N) is 1. The van der Waals surface area contributed by atoms with Gasteiger partial charge in [-0.05, 0) is 0 Å². The first-order valence-corrected chi connectivity index (χ1v) is 2.53. The first kappa shape index (κ1) is 3.26. The van der Waals surface area contributed by atoms with Gasteiger partial charge in [-0.15, -0.1) is 0 Å². The molecule has 1 saturated heterocycles. The molecule has 0 aliphatic carbocycles. The van der Waals surface area contributed by atoms with E-state index in [1.165, 1.54) is 0 Å². The molecule has 0 aromatic heterocycles. The summed E-state index contributed by atoms with van der Waals surface area (Å²) >= 11 is 0. The summed E-state index contributed by atoms with van der Waals surface area (Å²) in [6, 6.07) is 0. The molecule has 2 atom stereocenters. The van der Waals surface area contributed by atoms with Crippen LogP contribution in [0.1, 0.15) is 0 Å². The van der Waals surface area contributed by atoms with Crippen LogP contribution in [0, 0.1) is 0 Å². The van der Waals surface area contributed by atoms with Gasteiger partial charge < -0.3 is 0 Å². The highest BCUT2D eigenvalue weighted by Gasteiger charge is 2.27. The van der Waals surface area contributed by atoms with Gasteiger partial charge >= 0.3 is 8.46 Å². The Balaban J connectivity index is 2.21. The zero-order valence-electron chi connectivity index (χ0n) is 2.69. The molecule has 1 heterocycles. The minimum absolute atomic E-state index is 0.136. The monoisotopic (exact) mass is 90.0 g/mol. The molecule has 0 aromatic carbocycles. The highest BCUT2D eigenvalue weighted by molar-refractivity contribution is 7.25. The van der Waals surface area contributed by atoms with Crippen LogP contribution < -0.4 is 5.32 Å². The second-order valence-electron chi connectivity index (χ2n) is 1.08. The number of rotatable bonds is 1. The molecule has 5 heavy (non-hydrogen) atoms. The second kappa shape index (κ2) is 1.04. The Morgan fingerprint density at radius 2 is 2.60 bits per heavy atom. The Morgan fingerprint density at radius 3 is 2.60 bits per heavy atom. The van der Waals surface area contributed by atoms with Crippen LogP contribution in [0.5, 0.6) is 0 Å². The highest BCUT2D eigenvalue weighted by Crippen LogP contribution is 2.10. The maximum atomic E-state index is 9.66. The van der Waals surface area contributed by atoms with Gasteiger partial charge in [0.05, 0.1) is 6.54 Å². The molecule has 0 radical (unpaired) electrons. The largest absolute Gasteiger partial charge is 0.344 e. The average Bonchev–Trinajstić information content (AvgIpc) is 2.12. The van der Waals surface area contributed by atoms with Crippen molar-refractivity contribution in [2.75, 3.05) is 6.54 Å². The molecule has 1 N–H and O–H groups in total. The van der Waals surface area contributed by atoms with Crippen molar-refractivity contribution in [3.05, 3.63) is 0 Å². The number of hydrogen-bond acceptors (Lipinski definition) is 2. The van der Waals surface area contributed by atoms with Gasteiger partial charge in [0.25, 0.3) is 0 Å². The van der Waals surface area contributed by atoms with Crippen molar-refractivity contribution in [2.45, 2.75) is 5.78 Å². The van der Waals surface area contributed by atoms with Gasteiger partial charge in [-0.1, -0.05) is 4.57 Å². The fraction of sp³-hybridized carbons (Fsp3) is 1.00. The van der Waals surface area contributed by atoms with E-state index in [-0.39, 0.29) is 8.46 Å². The predicted octanol–water partition coefficient (Wildman–Crippen LogP) is -0.0603. The Kier molecular flexibility index (Phi) is 0.674. The summed E-state index contributed by atoms with van der Waals surface area (Å²) in [5.41, 5.74) is 0. The Bertz CT molecular complexity index is 51.6. The Labute approximate surface area is 31.8 Å². The molecule has 1 rings (SSSR count). The van der Waals surface area contributed by atoms with Gasteiger partial charge in [-0.2, -0.15) is 0 Å². The third kappa shape index (κ3) is 0.673. The van der Waals surface area contributed by atoms with Gasteiger partial charge in [-0.25, -0.2) is 0 Å². The first-order chi connectivity index (χ1) is 2.43. The summed E-state index contributed by atoms with van der Waals surface area (Å²) in [4.78, 5) is 0. The molecule has 28 valence electrons. The lowest BCUT2D eigenvalue weighted by Gasteiger charge is -1.41. The van der Waals surface area contributed by atoms with E-state index in [1.807, 2.05) is 0 Å². The van der Waals surface area contributed by atoms with E-state index in [0.717, 1.165) is 6.54 Å². The molecule has 0 bridgehead atoms. The van der Waals surface area contributed by atoms with Crippen molar-refractivity contribution in [2.24, 2.45) is 0 Å². The zero-order chi connectivity index (χ0) is 3.70. The molecule has 2 nitrogen and oxygen atoms in total. The topological polar surface area (TPSA) is 39.0 Å². The van der Waals surface area contributed by atoms with Crippen molar-refractivity contribution >= 4 is 8.46 Å². The smallest absolute Gasteiger partial charge is 0.267 e. The maximum absolute atomic E-state index is 9.66. The van der Waals surface area contributed by atoms with Crippen LogP contribution in [-0.2, 0) is 4.57 Å². The molecule has 1 fully saturated rings. The lowest BCUT2D eigenvalue weighted by atomic mass is 11.0. The van der Waals surface area contributed by atoms with E-state index in [1.54, 1.807) is 0 Å². The van der Waals surface area contributed by atoms with Crippen molar-refractivity contribution in [3.8, 4) is 0 Å². The van der Waals surface area contributed by atoms with Crippen molar-refractivity contribution in [1.82, 2.24) is 5.32 Å². The minimum Gasteiger partial charge on any atom is -0.267 e. The van der Waals surface area contributed by atoms with E-state index < -0.39 is 0 Å². The molecule has 3 heteroatoms. The highest BCUT2D eigenvalue weighted by atomic mass is 31.1. The van der Waals surface area contributed by atoms with Crippen LogP contribution in [0.4, 0.5) is 0 Å². The van der Waals surface area contributed by atoms with Crippen LogP contribution >= 0.6 is 8.46 Å². The SMILES string of the molecule is O=[PH+]C1CN1. The molecule has 0 saturated carbocycles. The normalized spacial score (nSPS) is 34.8. The molecule has 1 aliphatic rings. The minimum atomic E-state index is -0.136. The standard InChI is InChI=1S/C2H4NOP/c4-5-2-1-3-2/h2-3H,1H2/p+1. The van der Waals surface area contributed by atoms with Crippen LogP contribution in [0.15, 0.2) is 0 Å². The maximum Gasteiger partial charge on any atom is 0.344 e. The summed E-state index contributed by atoms with van der Waals surface area (Å²) in [5.74, 6) is 0.356. The Morgan fingerprint density at radius 1 is 2.00 bits per heavy atom. The number of hydrogen-bond donors (Lipinski definition) is 1. The zero-order valence-corrected chi connectivity index (χ0v) is 3.69. The fourth-order valence-electron chi connectivity index (χ4n) is 0.142. The van der Waals surface area contributed by atoms with Gasteiger partial charge in [-0.3, -0.25) is 5.32 Å². The molecule has 2 unspecified atom stereocenters. The predicted molar refractivity (Wildman–Crippen MR) is 20.8 cm³/mol. The van der Waals surface area contributed by atoms with Gasteiger partial charge in [0, 0.05) is 0 Å². The molecule has 0 amide bonds. The summed E-state index contributed by atoms with van der Waals surface area (Å²) < 4.78 is 9.66. The third-order valence-corrected chi connectivity index (χ3v) is 1.24. The van der Waals surface area contributed by atoms with E-state index in [4.69, 9.17) is 0 Å². The molecular formula is C2H5NOP+. The molecule has 0 aromatic rings. The van der Waals surface area contributed by atoms with Gasteiger partial charge in [0.15, 0.2) is 0 Å². The van der Waals surface area contributed by atoms with Crippen LogP contribution in [-0.4, -0.2) is 12.3 Å². The summed E-state index contributed by atoms with van der Waals surface area (Å²) in [7, 11) is -0.136. The van der Waals surface area contributed by atoms with Crippen molar-refractivity contribution in [1.29, 1.82) is 0 Å². The van der Waals surface area contributed by atoms with Gasteiger partial charge in [0.1, 0.15) is 0 Å². The first-order valence-electron chi connectivity index (χ1n) is 1.54. The lowest BCUT2D eigenvalue weighted by Crippen LogP contribution is -1.68. The summed E-state index contributed by atoms with van der Waals surface area (Å²) in [5, 5.41) is 2.88. The van der Waals surface area contributed by atoms with E-state index in [2.05, 4.69) is 5.32 Å². The Hall–Kier alpha value is 0.0600. The fourth-order valence-corrected chi connectivity index (χ4v) is 0.427. The molecule has 0 spiro atoms. The summed E-state index contributed by atoms with van der Waals surface area (Å²) in [6.45, 7) is 0.960.